The number of hydrogen-bond acceptors (Lipinski definition) is 3. The van der Waals surface area contributed by atoms with Crippen molar-refractivity contribution in [2.45, 2.75) is 31.8 Å². The number of pyridine rings is 1. The van der Waals surface area contributed by atoms with Crippen LogP contribution in [0.5, 0.6) is 0 Å². The Morgan fingerprint density at radius 3 is 2.94 bits per heavy atom. The molecule has 3 heteroatoms. The van der Waals surface area contributed by atoms with E-state index in [9.17, 15) is 5.11 Å². The quantitative estimate of drug-likeness (QED) is 0.809. The van der Waals surface area contributed by atoms with Crippen LogP contribution < -0.4 is 5.32 Å². The Balaban J connectivity index is 2.11. The molecule has 0 amide bonds. The van der Waals surface area contributed by atoms with Gasteiger partial charge < -0.3 is 10.4 Å². The second kappa shape index (κ2) is 4.93. The van der Waals surface area contributed by atoms with Crippen molar-refractivity contribution in [3.8, 4) is 0 Å². The fourth-order valence-corrected chi connectivity index (χ4v) is 2.59. The van der Waals surface area contributed by atoms with Crippen LogP contribution in [-0.4, -0.2) is 28.8 Å². The molecule has 2 unspecified atom stereocenters. The maximum atomic E-state index is 10.7. The minimum Gasteiger partial charge on any atom is -0.389 e. The molecule has 2 rings (SSSR count). The van der Waals surface area contributed by atoms with Crippen molar-refractivity contribution in [2.75, 3.05) is 13.1 Å². The summed E-state index contributed by atoms with van der Waals surface area (Å²) < 4.78 is 0. The number of rotatable bonds is 3. The molecule has 2 heterocycles. The van der Waals surface area contributed by atoms with E-state index in [-0.39, 0.29) is 0 Å². The predicted molar refractivity (Wildman–Crippen MR) is 64.2 cm³/mol. The van der Waals surface area contributed by atoms with E-state index in [2.05, 4.69) is 17.2 Å². The Morgan fingerprint density at radius 2 is 2.25 bits per heavy atom. The number of hydrogen-bond donors (Lipinski definition) is 2. The zero-order valence-corrected chi connectivity index (χ0v) is 9.82. The van der Waals surface area contributed by atoms with Crippen molar-refractivity contribution in [3.05, 3.63) is 30.1 Å². The van der Waals surface area contributed by atoms with Gasteiger partial charge in [-0.25, -0.2) is 0 Å². The van der Waals surface area contributed by atoms with Gasteiger partial charge in [-0.2, -0.15) is 0 Å². The molecule has 0 bridgehead atoms. The minimum absolute atomic E-state index is 0.356. The lowest BCUT2D eigenvalue weighted by atomic mass is 9.76. The highest BCUT2D eigenvalue weighted by atomic mass is 16.3. The van der Waals surface area contributed by atoms with Gasteiger partial charge in [0.05, 0.1) is 5.60 Å². The molecule has 0 saturated carbocycles. The lowest BCUT2D eigenvalue weighted by Crippen LogP contribution is -2.51. The highest BCUT2D eigenvalue weighted by Crippen LogP contribution is 2.30. The smallest absolute Gasteiger partial charge is 0.0740 e. The van der Waals surface area contributed by atoms with E-state index in [4.69, 9.17) is 0 Å². The van der Waals surface area contributed by atoms with E-state index in [1.54, 1.807) is 12.4 Å². The Labute approximate surface area is 96.9 Å². The van der Waals surface area contributed by atoms with Crippen molar-refractivity contribution in [2.24, 2.45) is 5.92 Å². The molecule has 1 aliphatic heterocycles. The summed E-state index contributed by atoms with van der Waals surface area (Å²) >= 11 is 0. The third-order valence-corrected chi connectivity index (χ3v) is 3.64. The van der Waals surface area contributed by atoms with Crippen molar-refractivity contribution in [1.82, 2.24) is 10.3 Å². The van der Waals surface area contributed by atoms with E-state index < -0.39 is 5.60 Å². The van der Waals surface area contributed by atoms with Crippen LogP contribution in [0.4, 0.5) is 0 Å². The topological polar surface area (TPSA) is 45.1 Å². The molecule has 2 atom stereocenters. The highest BCUT2D eigenvalue weighted by Gasteiger charge is 2.37. The number of nitrogens with zero attached hydrogens (tertiary/aromatic N) is 1. The van der Waals surface area contributed by atoms with Gasteiger partial charge in [0.25, 0.3) is 0 Å². The molecule has 0 radical (unpaired) electrons. The summed E-state index contributed by atoms with van der Waals surface area (Å²) in [6.45, 7) is 3.99. The molecule has 0 aromatic carbocycles. The maximum Gasteiger partial charge on any atom is 0.0740 e. The summed E-state index contributed by atoms with van der Waals surface area (Å²) in [6.07, 6.45) is 6.19. The molecular formula is C13H20N2O. The standard InChI is InChI=1S/C13H20N2O/c1-2-12-10-15-8-5-13(12,16)9-11-3-6-14-7-4-11/h3-4,6-7,12,15-16H,2,5,8-10H2,1H3. The molecule has 1 saturated heterocycles. The number of aliphatic hydroxyl groups is 1. The molecule has 1 aliphatic rings. The molecule has 3 nitrogen and oxygen atoms in total. The van der Waals surface area contributed by atoms with E-state index in [0.29, 0.717) is 5.92 Å². The molecule has 1 fully saturated rings. The molecule has 0 spiro atoms. The summed E-state index contributed by atoms with van der Waals surface area (Å²) in [4.78, 5) is 4.01. The van der Waals surface area contributed by atoms with Gasteiger partial charge in [-0.3, -0.25) is 4.98 Å². The first kappa shape index (κ1) is 11.6. The number of piperidine rings is 1. The van der Waals surface area contributed by atoms with Crippen molar-refractivity contribution in [3.63, 3.8) is 0 Å². The van der Waals surface area contributed by atoms with Crippen LogP contribution in [0.25, 0.3) is 0 Å². The zero-order valence-electron chi connectivity index (χ0n) is 9.82. The van der Waals surface area contributed by atoms with E-state index in [1.165, 1.54) is 5.56 Å². The van der Waals surface area contributed by atoms with Crippen LogP contribution in [0, 0.1) is 5.92 Å². The Hall–Kier alpha value is -0.930. The molecule has 88 valence electrons. The van der Waals surface area contributed by atoms with Crippen LogP contribution in [0.15, 0.2) is 24.5 Å². The second-order valence-electron chi connectivity index (χ2n) is 4.70. The van der Waals surface area contributed by atoms with Gasteiger partial charge in [0, 0.05) is 31.3 Å². The van der Waals surface area contributed by atoms with E-state index in [0.717, 1.165) is 32.4 Å². The van der Waals surface area contributed by atoms with Gasteiger partial charge >= 0.3 is 0 Å². The first-order valence-corrected chi connectivity index (χ1v) is 6.06. The van der Waals surface area contributed by atoms with Crippen molar-refractivity contribution in [1.29, 1.82) is 0 Å². The van der Waals surface area contributed by atoms with Gasteiger partial charge in [-0.05, 0) is 37.1 Å². The van der Waals surface area contributed by atoms with E-state index >= 15 is 0 Å². The summed E-state index contributed by atoms with van der Waals surface area (Å²) in [5.41, 5.74) is 0.638. The van der Waals surface area contributed by atoms with Crippen molar-refractivity contribution >= 4 is 0 Å². The van der Waals surface area contributed by atoms with Crippen LogP contribution in [-0.2, 0) is 6.42 Å². The third kappa shape index (κ3) is 2.42. The molecule has 2 N–H and O–H groups in total. The molecular weight excluding hydrogens is 200 g/mol. The average Bonchev–Trinajstić information content (AvgIpc) is 2.30. The van der Waals surface area contributed by atoms with E-state index in [1.807, 2.05) is 12.1 Å². The zero-order chi connectivity index (χ0) is 11.4. The van der Waals surface area contributed by atoms with Crippen LogP contribution in [0.1, 0.15) is 25.3 Å². The van der Waals surface area contributed by atoms with Crippen LogP contribution in [0.2, 0.25) is 0 Å². The van der Waals surface area contributed by atoms with Crippen LogP contribution in [0.3, 0.4) is 0 Å². The monoisotopic (exact) mass is 220 g/mol. The largest absolute Gasteiger partial charge is 0.389 e. The van der Waals surface area contributed by atoms with Gasteiger partial charge in [0.15, 0.2) is 0 Å². The second-order valence-corrected chi connectivity index (χ2v) is 4.70. The summed E-state index contributed by atoms with van der Waals surface area (Å²) in [5.74, 6) is 0.356. The van der Waals surface area contributed by atoms with Gasteiger partial charge in [-0.15, -0.1) is 0 Å². The Morgan fingerprint density at radius 1 is 1.50 bits per heavy atom. The summed E-state index contributed by atoms with van der Waals surface area (Å²) in [5, 5.41) is 14.1. The lowest BCUT2D eigenvalue weighted by Gasteiger charge is -2.40. The Kier molecular flexibility index (Phi) is 3.56. The molecule has 1 aromatic heterocycles. The van der Waals surface area contributed by atoms with Gasteiger partial charge in [0.2, 0.25) is 0 Å². The van der Waals surface area contributed by atoms with Crippen LogP contribution >= 0.6 is 0 Å². The first-order valence-electron chi connectivity index (χ1n) is 6.06. The first-order chi connectivity index (χ1) is 7.74. The Bertz CT molecular complexity index is 328. The SMILES string of the molecule is CCC1CNCCC1(O)Cc1ccncc1. The van der Waals surface area contributed by atoms with Gasteiger partial charge in [0.1, 0.15) is 0 Å². The normalized spacial score (nSPS) is 30.2. The summed E-state index contributed by atoms with van der Waals surface area (Å²) in [6, 6.07) is 3.99. The predicted octanol–water partition coefficient (Wildman–Crippen LogP) is 1.37. The maximum absolute atomic E-state index is 10.7. The molecule has 16 heavy (non-hydrogen) atoms. The third-order valence-electron chi connectivity index (χ3n) is 3.64. The number of aromatic nitrogens is 1. The fraction of sp³-hybridized carbons (Fsp3) is 0.615. The number of nitrogens with one attached hydrogen (secondary N) is 1. The summed E-state index contributed by atoms with van der Waals surface area (Å²) in [7, 11) is 0. The molecule has 0 aliphatic carbocycles. The highest BCUT2D eigenvalue weighted by molar-refractivity contribution is 5.14. The van der Waals surface area contributed by atoms with Crippen molar-refractivity contribution < 1.29 is 5.11 Å². The minimum atomic E-state index is -0.540. The lowest BCUT2D eigenvalue weighted by molar-refractivity contribution is -0.0414. The van der Waals surface area contributed by atoms with Gasteiger partial charge in [-0.1, -0.05) is 6.92 Å². The average molecular weight is 220 g/mol. The molecule has 1 aromatic rings. The fourth-order valence-electron chi connectivity index (χ4n) is 2.59.